The number of nitrogens with zero attached hydrogens (tertiary/aromatic N) is 3. The van der Waals surface area contributed by atoms with Gasteiger partial charge in [-0.05, 0) is 93.9 Å². The van der Waals surface area contributed by atoms with Crippen LogP contribution < -0.4 is 19.5 Å². The lowest BCUT2D eigenvalue weighted by atomic mass is 9.92. The van der Waals surface area contributed by atoms with Crippen molar-refractivity contribution in [3.05, 3.63) is 141 Å². The molecular formula is C46H42Cl2N4O8. The summed E-state index contributed by atoms with van der Waals surface area (Å²) in [5.41, 5.74) is 7.04. The maximum atomic E-state index is 14.2. The van der Waals surface area contributed by atoms with Gasteiger partial charge in [0, 0.05) is 57.7 Å². The molecule has 3 atom stereocenters. The molecule has 0 saturated carbocycles. The van der Waals surface area contributed by atoms with Crippen molar-refractivity contribution in [2.24, 2.45) is 0 Å². The number of amides is 3. The summed E-state index contributed by atoms with van der Waals surface area (Å²) in [7, 11) is 0. The van der Waals surface area contributed by atoms with Gasteiger partial charge in [-0.25, -0.2) is 9.59 Å². The van der Waals surface area contributed by atoms with E-state index in [0.29, 0.717) is 33.9 Å². The van der Waals surface area contributed by atoms with Crippen molar-refractivity contribution >= 4 is 46.9 Å². The number of likely N-dealkylation sites (tertiary alicyclic amines) is 1. The number of hydrogen-bond donors (Lipinski definition) is 2. The number of aromatic nitrogens is 1. The predicted octanol–water partition coefficient (Wildman–Crippen LogP) is 7.78. The van der Waals surface area contributed by atoms with Gasteiger partial charge in [-0.1, -0.05) is 65.7 Å². The Labute approximate surface area is 357 Å². The van der Waals surface area contributed by atoms with E-state index in [9.17, 15) is 24.3 Å². The fourth-order valence-electron chi connectivity index (χ4n) is 7.78. The first-order chi connectivity index (χ1) is 29.0. The van der Waals surface area contributed by atoms with Gasteiger partial charge in [-0.3, -0.25) is 14.6 Å². The Morgan fingerprint density at radius 2 is 1.65 bits per heavy atom. The highest BCUT2D eigenvalue weighted by Gasteiger charge is 2.40. The van der Waals surface area contributed by atoms with E-state index in [2.05, 4.69) is 10.3 Å². The van der Waals surface area contributed by atoms with Crippen molar-refractivity contribution < 1.29 is 38.5 Å². The predicted molar refractivity (Wildman–Crippen MR) is 224 cm³/mol. The summed E-state index contributed by atoms with van der Waals surface area (Å²) in [5, 5.41) is 13.9. The van der Waals surface area contributed by atoms with Gasteiger partial charge < -0.3 is 34.4 Å². The van der Waals surface area contributed by atoms with Gasteiger partial charge in [-0.15, -0.1) is 0 Å². The lowest BCUT2D eigenvalue weighted by molar-refractivity contribution is -0.142. The zero-order valence-electron chi connectivity index (χ0n) is 32.7. The van der Waals surface area contributed by atoms with Crippen LogP contribution in [0.15, 0.2) is 97.3 Å². The number of carboxylic acids is 1. The van der Waals surface area contributed by atoms with E-state index in [-0.39, 0.29) is 57.7 Å². The number of carbonyl (C=O) groups is 4. The largest absolute Gasteiger partial charge is 0.489 e. The average molecular weight is 850 g/mol. The van der Waals surface area contributed by atoms with Gasteiger partial charge in [0.1, 0.15) is 36.8 Å². The second kappa shape index (κ2) is 17.6. The first kappa shape index (κ1) is 40.7. The number of benzene rings is 4. The van der Waals surface area contributed by atoms with E-state index >= 15 is 0 Å². The molecule has 0 spiro atoms. The third-order valence-corrected chi connectivity index (χ3v) is 11.9. The molecule has 308 valence electrons. The fourth-order valence-corrected chi connectivity index (χ4v) is 8.10. The third-order valence-electron chi connectivity index (χ3n) is 11.2. The van der Waals surface area contributed by atoms with Crippen molar-refractivity contribution in [2.75, 3.05) is 19.7 Å². The maximum Gasteiger partial charge on any atom is 0.326 e. The SMILES string of the molecule is Cc1cnccc1-c1ccc(C[C@H](NC(=O)[C@@H]2Cc3cc4c(cc3CN2C(=O)N2CCC(=O)CC2)O[C@@H](c2ccc(OCc3ccc(Cl)c(Cl)c3)cc2)CO4)C(=O)O)cc1. The van der Waals surface area contributed by atoms with Crippen molar-refractivity contribution in [2.45, 2.75) is 63.9 Å². The fraction of sp³-hybridized carbons (Fsp3) is 0.283. The van der Waals surface area contributed by atoms with Crippen molar-refractivity contribution in [3.8, 4) is 28.4 Å². The van der Waals surface area contributed by atoms with Crippen molar-refractivity contribution in [1.82, 2.24) is 20.1 Å². The number of pyridine rings is 1. The van der Waals surface area contributed by atoms with Crippen molar-refractivity contribution in [3.63, 3.8) is 0 Å². The molecule has 1 fully saturated rings. The van der Waals surface area contributed by atoms with E-state index in [1.165, 1.54) is 4.90 Å². The van der Waals surface area contributed by atoms with Crippen LogP contribution in [0.2, 0.25) is 10.0 Å². The minimum absolute atomic E-state index is 0.0382. The molecule has 12 nitrogen and oxygen atoms in total. The number of fused-ring (bicyclic) bond motifs is 2. The van der Waals surface area contributed by atoms with Gasteiger partial charge in [0.2, 0.25) is 5.91 Å². The quantitative estimate of drug-likeness (QED) is 0.144. The van der Waals surface area contributed by atoms with Crippen LogP contribution in [0.5, 0.6) is 17.2 Å². The molecule has 0 aliphatic carbocycles. The summed E-state index contributed by atoms with van der Waals surface area (Å²) < 4.78 is 18.6. The van der Waals surface area contributed by atoms with Crippen LogP contribution in [-0.2, 0) is 40.4 Å². The number of carboxylic acid groups (broad SMARTS) is 1. The average Bonchev–Trinajstić information content (AvgIpc) is 3.26. The number of rotatable bonds is 10. The molecule has 1 aromatic heterocycles. The van der Waals surface area contributed by atoms with Crippen LogP contribution in [0, 0.1) is 6.92 Å². The van der Waals surface area contributed by atoms with Crippen LogP contribution in [0.25, 0.3) is 11.1 Å². The van der Waals surface area contributed by atoms with Crippen LogP contribution in [0.3, 0.4) is 0 Å². The molecule has 4 aromatic carbocycles. The lowest BCUT2D eigenvalue weighted by Gasteiger charge is -2.40. The highest BCUT2D eigenvalue weighted by atomic mass is 35.5. The molecule has 2 N–H and O–H groups in total. The standard InChI is InChI=1S/C46H42Cl2N4O8/c1-27-23-49-15-12-36(27)30-5-2-28(3-6-30)19-39(45(55)56)50-44(54)40-20-32-21-41-42(22-33(32)24-52(40)46(57)51-16-13-34(53)14-17-51)60-43(26-59-41)31-7-9-35(10-8-31)58-25-29-4-11-37(47)38(48)18-29/h2-12,15,18,21-23,39-40,43H,13-14,16-17,19-20,24-26H2,1H3,(H,50,54)(H,55,56)/t39-,40-,43+/m0/s1. The minimum atomic E-state index is -1.25. The van der Waals surface area contributed by atoms with Gasteiger partial charge in [-0.2, -0.15) is 0 Å². The zero-order valence-corrected chi connectivity index (χ0v) is 34.2. The van der Waals surface area contributed by atoms with E-state index in [1.807, 2.05) is 79.7 Å². The number of piperidine rings is 1. The Balaban J connectivity index is 0.977. The molecule has 8 rings (SSSR count). The molecule has 4 heterocycles. The van der Waals surface area contributed by atoms with Crippen LogP contribution in [0.1, 0.15) is 52.3 Å². The number of nitrogens with one attached hydrogen (secondary N) is 1. The first-order valence-corrected chi connectivity index (χ1v) is 20.5. The number of Topliss-reactive ketones (excluding diaryl/α,β-unsaturated/α-hetero) is 1. The molecule has 0 unspecified atom stereocenters. The van der Waals surface area contributed by atoms with Gasteiger partial charge in [0.05, 0.1) is 10.0 Å². The molecule has 14 heteroatoms. The van der Waals surface area contributed by atoms with E-state index in [0.717, 1.165) is 44.5 Å². The van der Waals surface area contributed by atoms with Crippen molar-refractivity contribution in [1.29, 1.82) is 0 Å². The Morgan fingerprint density at radius 1 is 0.917 bits per heavy atom. The number of urea groups is 1. The Morgan fingerprint density at radius 3 is 2.37 bits per heavy atom. The number of aliphatic carboxylic acids is 1. The third kappa shape index (κ3) is 9.05. The summed E-state index contributed by atoms with van der Waals surface area (Å²) in [4.78, 5) is 60.1. The summed E-state index contributed by atoms with van der Waals surface area (Å²) >= 11 is 12.2. The van der Waals surface area contributed by atoms with E-state index in [1.54, 1.807) is 29.4 Å². The number of aryl methyl sites for hydroxylation is 1. The molecule has 0 bridgehead atoms. The highest BCUT2D eigenvalue weighted by Crippen LogP contribution is 2.41. The number of ketones is 1. The topological polar surface area (TPSA) is 148 Å². The normalized spacial score (nSPS) is 17.7. The molecule has 1 saturated heterocycles. The molecule has 5 aromatic rings. The molecule has 60 heavy (non-hydrogen) atoms. The number of hydrogen-bond acceptors (Lipinski definition) is 8. The minimum Gasteiger partial charge on any atom is -0.489 e. The summed E-state index contributed by atoms with van der Waals surface area (Å²) in [5.74, 6) is -0.0283. The Hall–Kier alpha value is -6.11. The second-order valence-electron chi connectivity index (χ2n) is 15.2. The van der Waals surface area contributed by atoms with Gasteiger partial charge in [0.25, 0.3) is 0 Å². The maximum absolute atomic E-state index is 14.2. The molecular weight excluding hydrogens is 807 g/mol. The second-order valence-corrected chi connectivity index (χ2v) is 16.1. The lowest BCUT2D eigenvalue weighted by Crippen LogP contribution is -2.59. The first-order valence-electron chi connectivity index (χ1n) is 19.7. The Kier molecular flexibility index (Phi) is 11.9. The molecule has 3 aliphatic heterocycles. The van der Waals surface area contributed by atoms with Gasteiger partial charge >= 0.3 is 12.0 Å². The van der Waals surface area contributed by atoms with E-state index in [4.69, 9.17) is 37.4 Å². The monoisotopic (exact) mass is 848 g/mol. The highest BCUT2D eigenvalue weighted by molar-refractivity contribution is 6.42. The van der Waals surface area contributed by atoms with Crippen LogP contribution in [0.4, 0.5) is 4.79 Å². The van der Waals surface area contributed by atoms with E-state index < -0.39 is 36.1 Å². The van der Waals surface area contributed by atoms with Gasteiger partial charge in [0.15, 0.2) is 17.6 Å². The smallest absolute Gasteiger partial charge is 0.326 e. The summed E-state index contributed by atoms with van der Waals surface area (Å²) in [6.07, 6.45) is 3.71. The zero-order chi connectivity index (χ0) is 41.9. The van der Waals surface area contributed by atoms with Crippen LogP contribution >= 0.6 is 23.2 Å². The summed E-state index contributed by atoms with van der Waals surface area (Å²) in [6.45, 7) is 3.07. The number of halogens is 2. The van der Waals surface area contributed by atoms with Crippen LogP contribution in [-0.4, -0.2) is 75.4 Å². The molecule has 0 radical (unpaired) electrons. The number of ether oxygens (including phenoxy) is 3. The Bertz CT molecular complexity index is 2430. The summed E-state index contributed by atoms with van der Waals surface area (Å²) in [6, 6.07) is 23.4. The molecule has 3 amide bonds. The number of carbonyl (C=O) groups excluding carboxylic acids is 3. The molecule has 3 aliphatic rings.